The van der Waals surface area contributed by atoms with Crippen molar-refractivity contribution in [3.05, 3.63) is 0 Å². The molecule has 0 bridgehead atoms. The molecule has 8 heavy (non-hydrogen) atoms. The minimum Gasteiger partial charge on any atom is -0.353 e. The molecule has 3 heteroatoms. The minimum absolute atomic E-state index is 0.189. The van der Waals surface area contributed by atoms with E-state index in [1.165, 1.54) is 0 Å². The van der Waals surface area contributed by atoms with Crippen molar-refractivity contribution in [3.63, 3.8) is 0 Å². The number of hydrogen-bond acceptors (Lipinski definition) is 1. The van der Waals surface area contributed by atoms with E-state index < -0.39 is 0 Å². The average molecular weight is 178 g/mol. The Morgan fingerprint density at radius 3 is 2.88 bits per heavy atom. The van der Waals surface area contributed by atoms with E-state index in [0.29, 0.717) is 12.5 Å². The largest absolute Gasteiger partial charge is 0.353 e. The summed E-state index contributed by atoms with van der Waals surface area (Å²) in [4.78, 5) is 10.5. The Kier molecular flexibility index (Phi) is 1.89. The number of halogens is 1. The van der Waals surface area contributed by atoms with Gasteiger partial charge in [0.1, 0.15) is 0 Å². The molecule has 0 saturated carbocycles. The Morgan fingerprint density at radius 2 is 2.62 bits per heavy atom. The molecule has 0 unspecified atom stereocenters. The van der Waals surface area contributed by atoms with Gasteiger partial charge in [0.15, 0.2) is 0 Å². The molecular formula is C5H8BrNO. The second kappa shape index (κ2) is 2.49. The standard InChI is InChI=1S/C5H8BrNO/c6-3-4-1-2-5(8)7-4/h4H,1-3H2,(H,7,8)/t4-/m0/s1. The highest BCUT2D eigenvalue weighted by Crippen LogP contribution is 2.07. The van der Waals surface area contributed by atoms with Crippen LogP contribution in [0.3, 0.4) is 0 Å². The van der Waals surface area contributed by atoms with Crippen LogP contribution in [0.25, 0.3) is 0 Å². The summed E-state index contributed by atoms with van der Waals surface area (Å²) in [6.45, 7) is 0. The van der Waals surface area contributed by atoms with Crippen LogP contribution >= 0.6 is 15.9 Å². The quantitative estimate of drug-likeness (QED) is 0.587. The van der Waals surface area contributed by atoms with E-state index in [4.69, 9.17) is 0 Å². The second-order valence-electron chi connectivity index (χ2n) is 1.96. The molecule has 1 amide bonds. The Bertz CT molecular complexity index is 105. The first-order valence-corrected chi connectivity index (χ1v) is 3.80. The molecule has 1 saturated heterocycles. The molecule has 0 aromatic rings. The lowest BCUT2D eigenvalue weighted by Gasteiger charge is -2.01. The first kappa shape index (κ1) is 6.08. The highest BCUT2D eigenvalue weighted by Gasteiger charge is 2.18. The van der Waals surface area contributed by atoms with E-state index in [-0.39, 0.29) is 5.91 Å². The van der Waals surface area contributed by atoms with Gasteiger partial charge in [0.25, 0.3) is 0 Å². The predicted octanol–water partition coefficient (Wildman–Crippen LogP) is 0.660. The van der Waals surface area contributed by atoms with E-state index in [2.05, 4.69) is 21.2 Å². The molecule has 1 fully saturated rings. The van der Waals surface area contributed by atoms with Gasteiger partial charge in [-0.1, -0.05) is 15.9 Å². The predicted molar refractivity (Wildman–Crippen MR) is 35.0 cm³/mol. The molecular weight excluding hydrogens is 170 g/mol. The zero-order valence-corrected chi connectivity index (χ0v) is 6.07. The topological polar surface area (TPSA) is 29.1 Å². The van der Waals surface area contributed by atoms with Crippen molar-refractivity contribution in [1.82, 2.24) is 5.32 Å². The molecule has 46 valence electrons. The summed E-state index contributed by atoms with van der Waals surface area (Å²) in [6.07, 6.45) is 1.69. The molecule has 0 aromatic heterocycles. The average Bonchev–Trinajstić information content (AvgIpc) is 2.14. The highest BCUT2D eigenvalue weighted by atomic mass is 79.9. The first-order chi connectivity index (χ1) is 3.83. The number of hydrogen-bond donors (Lipinski definition) is 1. The van der Waals surface area contributed by atoms with Crippen LogP contribution in [0.4, 0.5) is 0 Å². The van der Waals surface area contributed by atoms with Gasteiger partial charge in [-0.2, -0.15) is 0 Å². The smallest absolute Gasteiger partial charge is 0.220 e. The Labute approximate surface area is 56.8 Å². The lowest BCUT2D eigenvalue weighted by atomic mass is 10.3. The van der Waals surface area contributed by atoms with E-state index >= 15 is 0 Å². The lowest BCUT2D eigenvalue weighted by molar-refractivity contribution is -0.119. The maximum absolute atomic E-state index is 10.5. The molecule has 0 aromatic carbocycles. The number of carbonyl (C=O) groups is 1. The highest BCUT2D eigenvalue weighted by molar-refractivity contribution is 9.09. The van der Waals surface area contributed by atoms with E-state index in [1.807, 2.05) is 0 Å². The summed E-state index contributed by atoms with van der Waals surface area (Å²) < 4.78 is 0. The van der Waals surface area contributed by atoms with Crippen LogP contribution < -0.4 is 5.32 Å². The monoisotopic (exact) mass is 177 g/mol. The van der Waals surface area contributed by atoms with Crippen LogP contribution in [0, 0.1) is 0 Å². The van der Waals surface area contributed by atoms with Crippen LogP contribution in [-0.4, -0.2) is 17.3 Å². The van der Waals surface area contributed by atoms with Crippen LogP contribution in [0.1, 0.15) is 12.8 Å². The van der Waals surface area contributed by atoms with Gasteiger partial charge < -0.3 is 5.32 Å². The van der Waals surface area contributed by atoms with Crippen LogP contribution in [0.5, 0.6) is 0 Å². The SMILES string of the molecule is O=C1CC[C@@H](CBr)N1. The van der Waals surface area contributed by atoms with Crippen molar-refractivity contribution in [2.45, 2.75) is 18.9 Å². The Hall–Kier alpha value is -0.0500. The maximum atomic E-state index is 10.5. The fourth-order valence-electron chi connectivity index (χ4n) is 0.793. The van der Waals surface area contributed by atoms with E-state index in [0.717, 1.165) is 11.8 Å². The number of carbonyl (C=O) groups excluding carboxylic acids is 1. The van der Waals surface area contributed by atoms with Crippen molar-refractivity contribution in [3.8, 4) is 0 Å². The Balaban J connectivity index is 2.32. The molecule has 1 aliphatic heterocycles. The molecule has 1 rings (SSSR count). The van der Waals surface area contributed by atoms with Crippen LogP contribution in [0.2, 0.25) is 0 Å². The van der Waals surface area contributed by atoms with Gasteiger partial charge in [-0.05, 0) is 6.42 Å². The molecule has 1 N–H and O–H groups in total. The zero-order valence-electron chi connectivity index (χ0n) is 4.48. The third kappa shape index (κ3) is 1.22. The summed E-state index contributed by atoms with van der Waals surface area (Å²) in [6, 6.07) is 0.391. The van der Waals surface area contributed by atoms with Gasteiger partial charge in [0.05, 0.1) is 0 Å². The second-order valence-corrected chi connectivity index (χ2v) is 2.60. The van der Waals surface area contributed by atoms with Crippen molar-refractivity contribution in [1.29, 1.82) is 0 Å². The first-order valence-electron chi connectivity index (χ1n) is 2.68. The summed E-state index contributed by atoms with van der Waals surface area (Å²) in [7, 11) is 0. The summed E-state index contributed by atoms with van der Waals surface area (Å²) in [5.74, 6) is 0.189. The van der Waals surface area contributed by atoms with Gasteiger partial charge in [-0.15, -0.1) is 0 Å². The fraction of sp³-hybridized carbons (Fsp3) is 0.800. The van der Waals surface area contributed by atoms with E-state index in [9.17, 15) is 4.79 Å². The third-order valence-corrected chi connectivity index (χ3v) is 2.05. The van der Waals surface area contributed by atoms with Gasteiger partial charge in [0.2, 0.25) is 5.91 Å². The third-order valence-electron chi connectivity index (χ3n) is 1.27. The molecule has 0 radical (unpaired) electrons. The van der Waals surface area contributed by atoms with Crippen LogP contribution in [0.15, 0.2) is 0 Å². The van der Waals surface area contributed by atoms with Crippen molar-refractivity contribution in [2.24, 2.45) is 0 Å². The molecule has 0 spiro atoms. The Morgan fingerprint density at radius 1 is 1.88 bits per heavy atom. The van der Waals surface area contributed by atoms with Crippen molar-refractivity contribution < 1.29 is 4.79 Å². The molecule has 2 nitrogen and oxygen atoms in total. The molecule has 1 aliphatic rings. The van der Waals surface area contributed by atoms with E-state index in [1.54, 1.807) is 0 Å². The van der Waals surface area contributed by atoms with Crippen LogP contribution in [-0.2, 0) is 4.79 Å². The maximum Gasteiger partial charge on any atom is 0.220 e. The summed E-state index contributed by atoms with van der Waals surface area (Å²) in [5, 5.41) is 3.71. The fourth-order valence-corrected chi connectivity index (χ4v) is 1.28. The number of amides is 1. The summed E-state index contributed by atoms with van der Waals surface area (Å²) >= 11 is 3.29. The zero-order chi connectivity index (χ0) is 5.98. The molecule has 0 aliphatic carbocycles. The molecule has 1 heterocycles. The van der Waals surface area contributed by atoms with Gasteiger partial charge in [0, 0.05) is 17.8 Å². The number of rotatable bonds is 1. The van der Waals surface area contributed by atoms with Gasteiger partial charge >= 0.3 is 0 Å². The van der Waals surface area contributed by atoms with Gasteiger partial charge in [-0.3, -0.25) is 4.79 Å². The normalized spacial score (nSPS) is 28.1. The van der Waals surface area contributed by atoms with Crippen molar-refractivity contribution >= 4 is 21.8 Å². The minimum atomic E-state index is 0.189. The molecule has 1 atom stereocenters. The number of nitrogens with one attached hydrogen (secondary N) is 1. The summed E-state index contributed by atoms with van der Waals surface area (Å²) in [5.41, 5.74) is 0. The van der Waals surface area contributed by atoms with Gasteiger partial charge in [-0.25, -0.2) is 0 Å². The number of alkyl halides is 1. The lowest BCUT2D eigenvalue weighted by Crippen LogP contribution is -2.26. The van der Waals surface area contributed by atoms with Crippen molar-refractivity contribution in [2.75, 3.05) is 5.33 Å².